The van der Waals surface area contributed by atoms with Gasteiger partial charge in [0.05, 0.1) is 12.1 Å². The first-order valence-electron chi connectivity index (χ1n) is 14.2. The second kappa shape index (κ2) is 16.3. The SMILES string of the molecule is CCCCN(C)Cc1cc(C)cc(C(=O)N[C@@H](Cc2cc(F)cc(F)c2)[C@@H](O)CNC2(c3ccccc3)CC2)c1.Cl.Cl. The topological polar surface area (TPSA) is 64.6 Å². The predicted molar refractivity (Wildman–Crippen MR) is 170 cm³/mol. The molecule has 42 heavy (non-hydrogen) atoms. The number of nitrogens with one attached hydrogen (secondary N) is 2. The number of unbranched alkanes of at least 4 members (excludes halogenated alkanes) is 1. The minimum Gasteiger partial charge on any atom is -0.390 e. The first kappa shape index (κ1) is 35.6. The van der Waals surface area contributed by atoms with Crippen molar-refractivity contribution in [2.24, 2.45) is 0 Å². The fourth-order valence-corrected chi connectivity index (χ4v) is 5.31. The van der Waals surface area contributed by atoms with Crippen molar-refractivity contribution in [2.75, 3.05) is 20.1 Å². The first-order chi connectivity index (χ1) is 19.2. The standard InChI is InChI=1S/C33H41F2N3O2.2ClH/c1-4-5-13-38(3)22-25-14-23(2)15-26(16-25)32(40)37-30(19-24-17-28(34)20-29(35)18-24)31(39)21-36-33(11-12-33)27-9-7-6-8-10-27;;/h6-10,14-18,20,30-31,36,39H,4-5,11-13,19,21-22H2,1-3H3,(H,37,40);2*1H/t30-,31-;;/m0../s1. The summed E-state index contributed by atoms with van der Waals surface area (Å²) in [4.78, 5) is 15.7. The fourth-order valence-electron chi connectivity index (χ4n) is 5.31. The van der Waals surface area contributed by atoms with E-state index in [1.807, 2.05) is 37.3 Å². The van der Waals surface area contributed by atoms with E-state index < -0.39 is 23.8 Å². The van der Waals surface area contributed by atoms with Crippen molar-refractivity contribution in [1.29, 1.82) is 0 Å². The molecule has 230 valence electrons. The van der Waals surface area contributed by atoms with Gasteiger partial charge in [-0.1, -0.05) is 55.3 Å². The average molecular weight is 623 g/mol. The summed E-state index contributed by atoms with van der Waals surface area (Å²) in [6.07, 6.45) is 3.23. The molecule has 1 fully saturated rings. The van der Waals surface area contributed by atoms with Gasteiger partial charge in [-0.25, -0.2) is 8.78 Å². The molecule has 3 aromatic carbocycles. The Labute approximate surface area is 260 Å². The van der Waals surface area contributed by atoms with Crippen LogP contribution in [0.3, 0.4) is 0 Å². The van der Waals surface area contributed by atoms with Crippen LogP contribution in [0.4, 0.5) is 8.78 Å². The summed E-state index contributed by atoms with van der Waals surface area (Å²) in [5.74, 6) is -1.71. The highest BCUT2D eigenvalue weighted by Gasteiger charge is 2.44. The van der Waals surface area contributed by atoms with E-state index in [1.54, 1.807) is 0 Å². The van der Waals surface area contributed by atoms with Gasteiger partial charge in [-0.2, -0.15) is 0 Å². The lowest BCUT2D eigenvalue weighted by Crippen LogP contribution is -2.50. The molecule has 0 aliphatic heterocycles. The quantitative estimate of drug-likeness (QED) is 0.197. The van der Waals surface area contributed by atoms with Crippen LogP contribution in [0.15, 0.2) is 66.7 Å². The highest BCUT2D eigenvalue weighted by atomic mass is 35.5. The Kier molecular flexibility index (Phi) is 13.9. The van der Waals surface area contributed by atoms with Crippen molar-refractivity contribution in [1.82, 2.24) is 15.5 Å². The van der Waals surface area contributed by atoms with Crippen LogP contribution in [-0.4, -0.2) is 48.2 Å². The van der Waals surface area contributed by atoms with E-state index in [-0.39, 0.29) is 49.2 Å². The second-order valence-corrected chi connectivity index (χ2v) is 11.3. The maximum atomic E-state index is 14.0. The summed E-state index contributed by atoms with van der Waals surface area (Å²) in [6.45, 7) is 6.04. The van der Waals surface area contributed by atoms with Gasteiger partial charge in [0, 0.05) is 30.3 Å². The van der Waals surface area contributed by atoms with Crippen LogP contribution in [0.5, 0.6) is 0 Å². The lowest BCUT2D eigenvalue weighted by molar-refractivity contribution is 0.0821. The summed E-state index contributed by atoms with van der Waals surface area (Å²) in [6, 6.07) is 18.4. The van der Waals surface area contributed by atoms with Crippen molar-refractivity contribution in [2.45, 2.75) is 70.2 Å². The number of hydrogen-bond acceptors (Lipinski definition) is 4. The number of aliphatic hydroxyl groups is 1. The van der Waals surface area contributed by atoms with Crippen LogP contribution in [0, 0.1) is 18.6 Å². The second-order valence-electron chi connectivity index (χ2n) is 11.3. The summed E-state index contributed by atoms with van der Waals surface area (Å²) in [7, 11) is 2.07. The molecular weight excluding hydrogens is 579 g/mol. The van der Waals surface area contributed by atoms with Gasteiger partial charge in [0.2, 0.25) is 0 Å². The first-order valence-corrected chi connectivity index (χ1v) is 14.2. The van der Waals surface area contributed by atoms with Crippen LogP contribution < -0.4 is 10.6 Å². The molecule has 1 saturated carbocycles. The van der Waals surface area contributed by atoms with Crippen molar-refractivity contribution < 1.29 is 18.7 Å². The lowest BCUT2D eigenvalue weighted by atomic mass is 9.98. The molecule has 1 amide bonds. The zero-order chi connectivity index (χ0) is 28.7. The molecule has 3 N–H and O–H groups in total. The van der Waals surface area contributed by atoms with Crippen LogP contribution >= 0.6 is 24.8 Å². The summed E-state index contributed by atoms with van der Waals surface area (Å²) in [5, 5.41) is 17.7. The molecule has 0 unspecified atom stereocenters. The van der Waals surface area contributed by atoms with E-state index >= 15 is 0 Å². The Hall–Kier alpha value is -2.55. The molecule has 0 bridgehead atoms. The van der Waals surface area contributed by atoms with Gasteiger partial charge < -0.3 is 20.6 Å². The zero-order valence-corrected chi connectivity index (χ0v) is 26.2. The summed E-state index contributed by atoms with van der Waals surface area (Å²) < 4.78 is 27.9. The van der Waals surface area contributed by atoms with Crippen LogP contribution in [0.25, 0.3) is 0 Å². The van der Waals surface area contributed by atoms with Crippen molar-refractivity contribution in [3.63, 3.8) is 0 Å². The number of rotatable bonds is 14. The van der Waals surface area contributed by atoms with Gasteiger partial charge in [0.25, 0.3) is 5.91 Å². The van der Waals surface area contributed by atoms with Crippen LogP contribution in [0.1, 0.15) is 65.2 Å². The van der Waals surface area contributed by atoms with E-state index in [2.05, 4.69) is 47.7 Å². The Morgan fingerprint density at radius 2 is 1.67 bits per heavy atom. The molecule has 5 nitrogen and oxygen atoms in total. The maximum Gasteiger partial charge on any atom is 0.251 e. The third kappa shape index (κ3) is 10.0. The highest BCUT2D eigenvalue weighted by Crippen LogP contribution is 2.45. The monoisotopic (exact) mass is 621 g/mol. The largest absolute Gasteiger partial charge is 0.390 e. The maximum absolute atomic E-state index is 14.0. The minimum absolute atomic E-state index is 0. The van der Waals surface area contributed by atoms with Gasteiger partial charge in [0.15, 0.2) is 0 Å². The molecule has 0 saturated heterocycles. The number of carbonyl (C=O) groups excluding carboxylic acids is 1. The number of carbonyl (C=O) groups is 1. The van der Waals surface area contributed by atoms with Gasteiger partial charge in [-0.05, 0) is 87.2 Å². The van der Waals surface area contributed by atoms with Gasteiger partial charge in [0.1, 0.15) is 11.6 Å². The molecule has 4 rings (SSSR count). The highest BCUT2D eigenvalue weighted by molar-refractivity contribution is 5.94. The van der Waals surface area contributed by atoms with Gasteiger partial charge in [-0.15, -0.1) is 24.8 Å². The summed E-state index contributed by atoms with van der Waals surface area (Å²) >= 11 is 0. The van der Waals surface area contributed by atoms with Gasteiger partial charge in [-0.3, -0.25) is 4.79 Å². The van der Waals surface area contributed by atoms with E-state index in [9.17, 15) is 18.7 Å². The predicted octanol–water partition coefficient (Wildman–Crippen LogP) is 6.33. The number of benzene rings is 3. The minimum atomic E-state index is -0.985. The van der Waals surface area contributed by atoms with Crippen molar-refractivity contribution in [3.05, 3.63) is 106 Å². The van der Waals surface area contributed by atoms with Crippen molar-refractivity contribution >= 4 is 30.7 Å². The Bertz CT molecular complexity index is 1270. The number of hydrogen-bond donors (Lipinski definition) is 3. The Morgan fingerprint density at radius 1 is 1.00 bits per heavy atom. The summed E-state index contributed by atoms with van der Waals surface area (Å²) in [5.41, 5.74) is 3.83. The van der Waals surface area contributed by atoms with E-state index in [0.29, 0.717) is 11.1 Å². The smallest absolute Gasteiger partial charge is 0.251 e. The van der Waals surface area contributed by atoms with Gasteiger partial charge >= 0.3 is 0 Å². The van der Waals surface area contributed by atoms with Crippen LogP contribution in [0.2, 0.25) is 0 Å². The molecule has 3 aromatic rings. The Balaban J connectivity index is 0.00000308. The molecule has 0 aromatic heterocycles. The van der Waals surface area contributed by atoms with Crippen molar-refractivity contribution in [3.8, 4) is 0 Å². The number of aliphatic hydroxyl groups excluding tert-OH is 1. The number of amides is 1. The molecule has 0 radical (unpaired) electrons. The fraction of sp³-hybridized carbons (Fsp3) is 0.424. The molecule has 1 aliphatic carbocycles. The molecular formula is C33H43Cl2F2N3O2. The van der Waals surface area contributed by atoms with E-state index in [0.717, 1.165) is 61.5 Å². The van der Waals surface area contributed by atoms with Crippen LogP contribution in [-0.2, 0) is 18.5 Å². The normalized spacial score (nSPS) is 14.8. The average Bonchev–Trinajstić information content (AvgIpc) is 3.71. The lowest BCUT2D eigenvalue weighted by Gasteiger charge is -2.27. The molecule has 0 spiro atoms. The zero-order valence-electron chi connectivity index (χ0n) is 24.5. The number of aryl methyl sites for hydroxylation is 1. The molecule has 2 atom stereocenters. The number of halogens is 4. The Morgan fingerprint density at radius 3 is 2.29 bits per heavy atom. The third-order valence-electron chi connectivity index (χ3n) is 7.63. The third-order valence-corrected chi connectivity index (χ3v) is 7.63. The molecule has 1 aliphatic rings. The molecule has 9 heteroatoms. The molecule has 0 heterocycles. The van der Waals surface area contributed by atoms with E-state index in [4.69, 9.17) is 0 Å². The number of nitrogens with zero attached hydrogens (tertiary/aromatic N) is 1. The van der Waals surface area contributed by atoms with E-state index in [1.165, 1.54) is 12.1 Å².